The average molecular weight is 359 g/mol. The quantitative estimate of drug-likeness (QED) is 0.869. The van der Waals surface area contributed by atoms with E-state index >= 15 is 0 Å². The molecule has 1 heterocycles. The van der Waals surface area contributed by atoms with Crippen LogP contribution in [-0.4, -0.2) is 31.0 Å². The molecular weight excluding hydrogens is 330 g/mol. The summed E-state index contributed by atoms with van der Waals surface area (Å²) in [6.45, 7) is 6.69. The van der Waals surface area contributed by atoms with Crippen LogP contribution in [0, 0.1) is 11.3 Å². The van der Waals surface area contributed by atoms with Gasteiger partial charge in [0.25, 0.3) is 0 Å². The first kappa shape index (κ1) is 18.7. The van der Waals surface area contributed by atoms with E-state index in [2.05, 4.69) is 5.32 Å². The number of nitrogens with zero attached hydrogens (tertiary/aromatic N) is 1. The number of hydrogen-bond donors (Lipinski definition) is 2. The Kier molecular flexibility index (Phi) is 5.23. The van der Waals surface area contributed by atoms with Crippen LogP contribution in [0.15, 0.2) is 18.2 Å². The van der Waals surface area contributed by atoms with Crippen LogP contribution >= 0.6 is 0 Å². The Morgan fingerprint density at radius 3 is 2.73 bits per heavy atom. The number of anilines is 2. The van der Waals surface area contributed by atoms with Crippen molar-refractivity contribution in [2.75, 3.05) is 23.4 Å². The Hall–Kier alpha value is -2.08. The monoisotopic (exact) mass is 359 g/mol. The highest BCUT2D eigenvalue weighted by atomic mass is 16.5. The molecule has 1 aromatic rings. The molecule has 3 rings (SSSR count). The van der Waals surface area contributed by atoms with E-state index in [1.165, 1.54) is 0 Å². The van der Waals surface area contributed by atoms with Crippen LogP contribution in [0.4, 0.5) is 11.4 Å². The second-order valence-electron chi connectivity index (χ2n) is 8.34. The van der Waals surface area contributed by atoms with Crippen LogP contribution in [0.3, 0.4) is 0 Å². The largest absolute Gasteiger partial charge is 0.490 e. The summed E-state index contributed by atoms with van der Waals surface area (Å²) >= 11 is 0. The number of amides is 2. The summed E-state index contributed by atoms with van der Waals surface area (Å²) in [6, 6.07) is 5.58. The van der Waals surface area contributed by atoms with Gasteiger partial charge in [0.1, 0.15) is 12.4 Å². The Morgan fingerprint density at radius 2 is 2.08 bits per heavy atom. The molecule has 1 aliphatic carbocycles. The smallest absolute Gasteiger partial charge is 0.232 e. The molecule has 1 aliphatic heterocycles. The van der Waals surface area contributed by atoms with Crippen molar-refractivity contribution >= 4 is 23.2 Å². The van der Waals surface area contributed by atoms with Gasteiger partial charge >= 0.3 is 0 Å². The average Bonchev–Trinajstić information content (AvgIpc) is 2.97. The molecule has 142 valence electrons. The molecule has 1 saturated carbocycles. The van der Waals surface area contributed by atoms with Gasteiger partial charge in [0, 0.05) is 23.6 Å². The Labute approximate surface area is 155 Å². The second kappa shape index (κ2) is 7.27. The van der Waals surface area contributed by atoms with E-state index in [4.69, 9.17) is 10.5 Å². The SMILES string of the molecule is CC(C)(C)C(=O)N1CCOc2ccc(NC(=O)C[C@@H]3CCC[C@H]3N)cc21. The van der Waals surface area contributed by atoms with Crippen molar-refractivity contribution in [2.24, 2.45) is 17.1 Å². The van der Waals surface area contributed by atoms with Crippen molar-refractivity contribution in [3.8, 4) is 5.75 Å². The molecule has 3 N–H and O–H groups in total. The van der Waals surface area contributed by atoms with E-state index in [0.29, 0.717) is 36.7 Å². The van der Waals surface area contributed by atoms with Crippen LogP contribution in [0.2, 0.25) is 0 Å². The topological polar surface area (TPSA) is 84.7 Å². The van der Waals surface area contributed by atoms with Crippen molar-refractivity contribution in [3.63, 3.8) is 0 Å². The summed E-state index contributed by atoms with van der Waals surface area (Å²) in [5.41, 5.74) is 6.98. The summed E-state index contributed by atoms with van der Waals surface area (Å²) in [7, 11) is 0. The van der Waals surface area contributed by atoms with Crippen molar-refractivity contribution in [1.29, 1.82) is 0 Å². The van der Waals surface area contributed by atoms with Gasteiger partial charge in [0.05, 0.1) is 12.2 Å². The van der Waals surface area contributed by atoms with Crippen molar-refractivity contribution in [2.45, 2.75) is 52.5 Å². The Morgan fingerprint density at radius 1 is 1.31 bits per heavy atom. The number of fused-ring (bicyclic) bond motifs is 1. The fraction of sp³-hybridized carbons (Fsp3) is 0.600. The van der Waals surface area contributed by atoms with Crippen LogP contribution < -0.4 is 20.7 Å². The van der Waals surface area contributed by atoms with E-state index in [9.17, 15) is 9.59 Å². The van der Waals surface area contributed by atoms with E-state index in [1.54, 1.807) is 4.90 Å². The predicted octanol–water partition coefficient (Wildman–Crippen LogP) is 2.91. The maximum absolute atomic E-state index is 12.8. The molecule has 1 fully saturated rings. The fourth-order valence-corrected chi connectivity index (χ4v) is 3.68. The predicted molar refractivity (Wildman–Crippen MR) is 102 cm³/mol. The van der Waals surface area contributed by atoms with Gasteiger partial charge in [0.2, 0.25) is 11.8 Å². The molecule has 0 saturated heterocycles. The lowest BCUT2D eigenvalue weighted by Gasteiger charge is -2.34. The molecule has 1 aromatic carbocycles. The highest BCUT2D eigenvalue weighted by Crippen LogP contribution is 2.36. The highest BCUT2D eigenvalue weighted by Gasteiger charge is 2.32. The minimum absolute atomic E-state index is 0.0299. The van der Waals surface area contributed by atoms with Gasteiger partial charge in [-0.05, 0) is 37.0 Å². The van der Waals surface area contributed by atoms with Crippen LogP contribution in [0.5, 0.6) is 5.75 Å². The fourth-order valence-electron chi connectivity index (χ4n) is 3.68. The van der Waals surface area contributed by atoms with Gasteiger partial charge in [-0.2, -0.15) is 0 Å². The summed E-state index contributed by atoms with van der Waals surface area (Å²) in [5.74, 6) is 0.944. The molecule has 6 nitrogen and oxygen atoms in total. The summed E-state index contributed by atoms with van der Waals surface area (Å²) < 4.78 is 5.68. The van der Waals surface area contributed by atoms with E-state index < -0.39 is 5.41 Å². The van der Waals surface area contributed by atoms with Crippen molar-refractivity contribution < 1.29 is 14.3 Å². The molecular formula is C20H29N3O3. The van der Waals surface area contributed by atoms with Gasteiger partial charge in [-0.3, -0.25) is 9.59 Å². The van der Waals surface area contributed by atoms with E-state index in [1.807, 2.05) is 39.0 Å². The van der Waals surface area contributed by atoms with Crippen LogP contribution in [-0.2, 0) is 9.59 Å². The Balaban J connectivity index is 1.74. The van der Waals surface area contributed by atoms with Crippen LogP contribution in [0.25, 0.3) is 0 Å². The van der Waals surface area contributed by atoms with Gasteiger partial charge in [-0.15, -0.1) is 0 Å². The lowest BCUT2D eigenvalue weighted by Crippen LogP contribution is -2.44. The molecule has 2 aliphatic rings. The number of ether oxygens (including phenoxy) is 1. The van der Waals surface area contributed by atoms with Crippen LogP contribution in [0.1, 0.15) is 46.5 Å². The number of rotatable bonds is 3. The number of carbonyl (C=O) groups excluding carboxylic acids is 2. The van der Waals surface area contributed by atoms with Gasteiger partial charge < -0.3 is 20.7 Å². The third-order valence-corrected chi connectivity index (χ3v) is 5.16. The minimum atomic E-state index is -0.480. The second-order valence-corrected chi connectivity index (χ2v) is 8.34. The maximum Gasteiger partial charge on any atom is 0.232 e. The summed E-state index contributed by atoms with van der Waals surface area (Å²) in [5, 5.41) is 2.95. The molecule has 0 spiro atoms. The zero-order valence-electron chi connectivity index (χ0n) is 15.9. The van der Waals surface area contributed by atoms with E-state index in [-0.39, 0.29) is 23.8 Å². The highest BCUT2D eigenvalue weighted by molar-refractivity contribution is 6.00. The molecule has 2 atom stereocenters. The first-order valence-corrected chi connectivity index (χ1v) is 9.40. The number of carbonyl (C=O) groups is 2. The number of nitrogens with two attached hydrogens (primary N) is 1. The number of benzene rings is 1. The maximum atomic E-state index is 12.8. The van der Waals surface area contributed by atoms with Crippen molar-refractivity contribution in [3.05, 3.63) is 18.2 Å². The first-order chi connectivity index (χ1) is 12.3. The van der Waals surface area contributed by atoms with E-state index in [0.717, 1.165) is 19.3 Å². The molecule has 0 aromatic heterocycles. The molecule has 0 bridgehead atoms. The normalized spacial score (nSPS) is 22.5. The number of hydrogen-bond acceptors (Lipinski definition) is 4. The summed E-state index contributed by atoms with van der Waals surface area (Å²) in [6.07, 6.45) is 3.55. The lowest BCUT2D eigenvalue weighted by molar-refractivity contribution is -0.126. The minimum Gasteiger partial charge on any atom is -0.490 e. The molecule has 0 unspecified atom stereocenters. The summed E-state index contributed by atoms with van der Waals surface area (Å²) in [4.78, 5) is 26.9. The first-order valence-electron chi connectivity index (χ1n) is 9.40. The third kappa shape index (κ3) is 4.01. The molecule has 2 amide bonds. The van der Waals surface area contributed by atoms with Gasteiger partial charge in [-0.1, -0.05) is 27.2 Å². The lowest BCUT2D eigenvalue weighted by atomic mass is 9.94. The zero-order valence-corrected chi connectivity index (χ0v) is 15.9. The van der Waals surface area contributed by atoms with Gasteiger partial charge in [-0.25, -0.2) is 0 Å². The third-order valence-electron chi connectivity index (χ3n) is 5.16. The molecule has 6 heteroatoms. The Bertz CT molecular complexity index is 696. The zero-order chi connectivity index (χ0) is 18.9. The molecule has 26 heavy (non-hydrogen) atoms. The molecule has 0 radical (unpaired) electrons. The van der Waals surface area contributed by atoms with Gasteiger partial charge in [0.15, 0.2) is 0 Å². The number of nitrogens with one attached hydrogen (secondary N) is 1. The van der Waals surface area contributed by atoms with Crippen molar-refractivity contribution in [1.82, 2.24) is 0 Å². The standard InChI is InChI=1S/C20H29N3O3/c1-20(2,3)19(25)23-9-10-26-17-8-7-14(12-16(17)23)22-18(24)11-13-5-4-6-15(13)21/h7-8,12-13,15H,4-6,9-11,21H2,1-3H3,(H,22,24)/t13-,15+/m0/s1.